The lowest BCUT2D eigenvalue weighted by atomic mass is 9.12. The SMILES string of the molecule is C[I+]c1cccc(C(C)C)c1-c1ccccc1.Fc1c(F)c(F)c([B-](c2c(F)c(F)c(F)c(F)c2F)(c2c(F)c(F)c(F)c(F)c2F)c2c(F)c(F)c(F)c(F)c2F)c(F)c1F. The van der Waals surface area contributed by atoms with E-state index in [1.54, 1.807) is 3.57 Å². The maximum Gasteiger partial charge on any atom is 0.310 e. The molecule has 62 heavy (non-hydrogen) atoms. The number of benzene rings is 6. The zero-order chi connectivity index (χ0) is 46.6. The smallest absolute Gasteiger partial charge is 0.207 e. The van der Waals surface area contributed by atoms with E-state index in [4.69, 9.17) is 0 Å². The second kappa shape index (κ2) is 17.8. The minimum absolute atomic E-state index is 0.120. The molecule has 0 N–H and O–H groups in total. The fourth-order valence-electron chi connectivity index (χ4n) is 6.96. The predicted octanol–water partition coefficient (Wildman–Crippen LogP) is 7.21. The summed E-state index contributed by atoms with van der Waals surface area (Å²) in [5, 5.41) is 0. The lowest BCUT2D eigenvalue weighted by molar-refractivity contribution is -0.596. The maximum absolute atomic E-state index is 15.4. The quantitative estimate of drug-likeness (QED) is 0.0397. The Kier molecular flexibility index (Phi) is 13.7. The molecule has 0 nitrogen and oxygen atoms in total. The minimum Gasteiger partial charge on any atom is -0.207 e. The Morgan fingerprint density at radius 2 is 0.597 bits per heavy atom. The van der Waals surface area contributed by atoms with E-state index in [-0.39, 0.29) is 21.2 Å². The molecule has 0 fully saturated rings. The highest BCUT2D eigenvalue weighted by molar-refractivity contribution is 7.20. The van der Waals surface area contributed by atoms with E-state index in [9.17, 15) is 52.7 Å². The Morgan fingerprint density at radius 3 is 0.839 bits per heavy atom. The summed E-state index contributed by atoms with van der Waals surface area (Å²) in [6, 6.07) is 17.6. The highest BCUT2D eigenvalue weighted by atomic mass is 127. The van der Waals surface area contributed by atoms with Crippen molar-refractivity contribution in [3.63, 3.8) is 0 Å². The van der Waals surface area contributed by atoms with E-state index in [2.05, 4.69) is 67.3 Å². The van der Waals surface area contributed by atoms with Crippen molar-refractivity contribution in [3.8, 4) is 11.1 Å². The lowest BCUT2D eigenvalue weighted by Crippen LogP contribution is -3.60. The van der Waals surface area contributed by atoms with Crippen molar-refractivity contribution in [3.05, 3.63) is 174 Å². The van der Waals surface area contributed by atoms with Gasteiger partial charge in [0.05, 0.1) is 0 Å². The lowest BCUT2D eigenvalue weighted by Gasteiger charge is -2.44. The number of alkyl halides is 1. The van der Waals surface area contributed by atoms with Crippen molar-refractivity contribution >= 4 is 28.0 Å². The number of halogens is 21. The third-order valence-electron chi connectivity index (χ3n) is 9.64. The first kappa shape index (κ1) is 47.8. The first-order valence-corrected chi connectivity index (χ1v) is 20.1. The molecule has 0 amide bonds. The summed E-state index contributed by atoms with van der Waals surface area (Å²) in [5.41, 5.74) is -9.99. The Labute approximate surface area is 346 Å². The normalized spacial score (nSPS) is 11.7. The third kappa shape index (κ3) is 7.33. The predicted molar refractivity (Wildman–Crippen MR) is 180 cm³/mol. The Balaban J connectivity index is 0.000000355. The molecule has 22 heteroatoms. The van der Waals surface area contributed by atoms with E-state index >= 15 is 35.1 Å². The van der Waals surface area contributed by atoms with Crippen LogP contribution in [0.25, 0.3) is 11.1 Å². The van der Waals surface area contributed by atoms with Gasteiger partial charge in [-0.2, -0.15) is 0 Å². The summed E-state index contributed by atoms with van der Waals surface area (Å²) in [4.78, 5) is 2.34. The van der Waals surface area contributed by atoms with Crippen molar-refractivity contribution in [2.24, 2.45) is 0 Å². The van der Waals surface area contributed by atoms with Crippen LogP contribution in [0, 0.1) is 120 Å². The summed E-state index contributed by atoms with van der Waals surface area (Å²) >= 11 is 0.120. The van der Waals surface area contributed by atoms with Gasteiger partial charge < -0.3 is 0 Å². The first-order valence-electron chi connectivity index (χ1n) is 16.8. The third-order valence-corrected chi connectivity index (χ3v) is 11.7. The molecule has 0 aliphatic rings. The van der Waals surface area contributed by atoms with Gasteiger partial charge in [0, 0.05) is 5.56 Å². The zero-order valence-electron chi connectivity index (χ0n) is 30.7. The van der Waals surface area contributed by atoms with Gasteiger partial charge in [-0.1, -0.05) is 56.3 Å². The standard InChI is InChI=1S/C24BF20.C16H18I/c26-5-1(6(27)14(35)21(42)13(5)34)25(2-7(28)15(36)22(43)16(37)8(2)29,3-9(30)17(38)23(44)18(39)10(3)31)4-11(32)19(40)24(45)20(41)12(4)33;1-12(2)14-10-7-11-15(17-3)16(14)13-8-5-4-6-9-13/h;4-12H,1-3H3/q-1;+1. The van der Waals surface area contributed by atoms with Gasteiger partial charge in [-0.05, 0) is 23.1 Å². The molecule has 6 rings (SSSR count). The molecule has 0 aromatic heterocycles. The van der Waals surface area contributed by atoms with Gasteiger partial charge in [0.2, 0.25) is 0 Å². The van der Waals surface area contributed by atoms with Crippen LogP contribution in [0.4, 0.5) is 87.8 Å². The molecule has 0 radical (unpaired) electrons. The van der Waals surface area contributed by atoms with Crippen LogP contribution in [0.1, 0.15) is 25.3 Å². The van der Waals surface area contributed by atoms with Crippen LogP contribution in [-0.4, -0.2) is 11.1 Å². The second-order valence-corrected chi connectivity index (χ2v) is 15.5. The molecule has 0 unspecified atom stereocenters. The van der Waals surface area contributed by atoms with Gasteiger partial charge in [-0.3, -0.25) is 0 Å². The summed E-state index contributed by atoms with van der Waals surface area (Å²) < 4.78 is 296. The van der Waals surface area contributed by atoms with Crippen LogP contribution in [0.15, 0.2) is 48.5 Å². The maximum atomic E-state index is 15.4. The van der Waals surface area contributed by atoms with Crippen LogP contribution in [-0.2, 0) is 0 Å². The van der Waals surface area contributed by atoms with Crippen LogP contribution < -0.4 is 43.1 Å². The largest absolute Gasteiger partial charge is 0.310 e. The van der Waals surface area contributed by atoms with Crippen molar-refractivity contribution in [2.45, 2.75) is 19.8 Å². The first-order chi connectivity index (χ1) is 28.9. The number of hydrogen-bond acceptors (Lipinski definition) is 0. The summed E-state index contributed by atoms with van der Waals surface area (Å²) in [6.07, 6.45) is -7.22. The Morgan fingerprint density at radius 1 is 0.339 bits per heavy atom. The highest BCUT2D eigenvalue weighted by Gasteiger charge is 2.52. The topological polar surface area (TPSA) is 0 Å². The van der Waals surface area contributed by atoms with Gasteiger partial charge in [-0.15, -0.1) is 21.9 Å². The van der Waals surface area contributed by atoms with Gasteiger partial charge >= 0.3 is 21.2 Å². The molecule has 0 aliphatic carbocycles. The van der Waals surface area contributed by atoms with E-state index in [0.29, 0.717) is 5.92 Å². The molecule has 0 atom stereocenters. The van der Waals surface area contributed by atoms with Gasteiger partial charge in [-0.25, -0.2) is 87.8 Å². The molecule has 6 aromatic rings. The monoisotopic (exact) mass is 1020 g/mol. The van der Waals surface area contributed by atoms with E-state index in [1.165, 1.54) is 16.7 Å². The Hall–Kier alpha value is -5.29. The van der Waals surface area contributed by atoms with Crippen molar-refractivity contribution in [1.82, 2.24) is 0 Å². The van der Waals surface area contributed by atoms with E-state index < -0.39 is 144 Å². The molecule has 0 bridgehead atoms. The molecule has 0 heterocycles. The van der Waals surface area contributed by atoms with Crippen molar-refractivity contribution in [2.75, 3.05) is 4.93 Å². The Bertz CT molecular complexity index is 2380. The summed E-state index contributed by atoms with van der Waals surface area (Å²) in [7, 11) is 0. The number of hydrogen-bond donors (Lipinski definition) is 0. The van der Waals surface area contributed by atoms with Crippen molar-refractivity contribution < 1.29 is 109 Å². The molecular formula is C40H18BF20I. The molecule has 0 spiro atoms. The highest BCUT2D eigenvalue weighted by Crippen LogP contribution is 2.32. The summed E-state index contributed by atoms with van der Waals surface area (Å²) in [6.45, 7) is 4.55. The molecule has 328 valence electrons. The zero-order valence-corrected chi connectivity index (χ0v) is 32.9. The van der Waals surface area contributed by atoms with Crippen LogP contribution in [0.3, 0.4) is 0 Å². The van der Waals surface area contributed by atoms with Crippen LogP contribution in [0.2, 0.25) is 0 Å². The van der Waals surface area contributed by atoms with Gasteiger partial charge in [0.1, 0.15) is 57.6 Å². The fourth-order valence-corrected chi connectivity index (χ4v) is 8.69. The molecule has 0 aliphatic heterocycles. The number of rotatable bonds is 7. The van der Waals surface area contributed by atoms with Crippen LogP contribution in [0.5, 0.6) is 0 Å². The van der Waals surface area contributed by atoms with Gasteiger partial charge in [0.15, 0.2) is 73.4 Å². The summed E-state index contributed by atoms with van der Waals surface area (Å²) in [5.74, 6) is -70.8. The second-order valence-electron chi connectivity index (χ2n) is 13.2. The molecule has 0 saturated carbocycles. The van der Waals surface area contributed by atoms with E-state index in [1.807, 2.05) is 0 Å². The molecular weight excluding hydrogens is 998 g/mol. The van der Waals surface area contributed by atoms with Crippen LogP contribution >= 0.6 is 0 Å². The average Bonchev–Trinajstić information content (AvgIpc) is 3.26. The molecule has 0 saturated heterocycles. The molecule has 6 aromatic carbocycles. The van der Waals surface area contributed by atoms with E-state index in [0.717, 1.165) is 0 Å². The fraction of sp³-hybridized carbons (Fsp3) is 0.100. The minimum atomic E-state index is -7.22. The van der Waals surface area contributed by atoms with Gasteiger partial charge in [0.25, 0.3) is 0 Å². The average molecular weight is 1020 g/mol. The van der Waals surface area contributed by atoms with Crippen molar-refractivity contribution in [1.29, 1.82) is 0 Å².